The first-order chi connectivity index (χ1) is 1.73. The Balaban J connectivity index is 0. The van der Waals surface area contributed by atoms with Gasteiger partial charge >= 0.3 is 68.9 Å². The van der Waals surface area contributed by atoms with Crippen LogP contribution in [-0.4, -0.2) is 0 Å². The predicted octanol–water partition coefficient (Wildman–Crippen LogP) is -1.38. The van der Waals surface area contributed by atoms with E-state index in [-0.39, 0.29) is 68.9 Å². The molecular weight excluding hydrogens is 181 g/mol. The number of rotatable bonds is 0. The van der Waals surface area contributed by atoms with E-state index in [1.807, 2.05) is 0 Å². The van der Waals surface area contributed by atoms with Crippen LogP contribution in [0.1, 0.15) is 20.8 Å². The Bertz CT molecular complexity index is 8.36. The van der Waals surface area contributed by atoms with Gasteiger partial charge in [-0.3, -0.25) is 0 Å². The molecule has 0 amide bonds. The normalized spacial score (nSPS) is 7.20. The molecule has 0 aliphatic rings. The summed E-state index contributed by atoms with van der Waals surface area (Å²) in [6.07, 6.45) is 0. The Labute approximate surface area is 93.1 Å². The minimum Gasteiger partial charge on any atom is -0.323 e. The van der Waals surface area contributed by atoms with Crippen molar-refractivity contribution in [1.29, 1.82) is 0 Å². The van der Waals surface area contributed by atoms with Gasteiger partial charge in [0.15, 0.2) is 0 Å². The maximum Gasteiger partial charge on any atom is 1.00 e. The fraction of sp³-hybridized carbons (Fsp3) is 0.750. The number of hydrogen-bond acceptors (Lipinski definition) is 0. The molecule has 0 N–H and O–H groups in total. The van der Waals surface area contributed by atoms with Crippen molar-refractivity contribution in [1.82, 2.24) is 0 Å². The molecule has 5 heavy (non-hydrogen) atoms. The second kappa shape index (κ2) is 6.05. The molecule has 0 saturated carbocycles. The van der Waals surface area contributed by atoms with Gasteiger partial charge in [0.05, 0.1) is 0 Å². The van der Waals surface area contributed by atoms with Gasteiger partial charge in [0, 0.05) is 0 Å². The van der Waals surface area contributed by atoms with Crippen LogP contribution in [-0.2, 0) is 0 Å². The third-order valence-electron chi connectivity index (χ3n) is 0. The summed E-state index contributed by atoms with van der Waals surface area (Å²) in [5.74, 6) is 1.42. The first-order valence-corrected chi connectivity index (χ1v) is 1.50. The molecule has 0 bridgehead atoms. The smallest absolute Gasteiger partial charge is 0.323 e. The van der Waals surface area contributed by atoms with Crippen LogP contribution in [0.15, 0.2) is 0 Å². The molecule has 0 unspecified atom stereocenters. The Hall–Kier alpha value is 2.05. The van der Waals surface area contributed by atoms with Crippen LogP contribution in [0, 0.1) is 5.92 Å². The summed E-state index contributed by atoms with van der Waals surface area (Å²) >= 11 is 0. The first-order valence-electron chi connectivity index (χ1n) is 1.50. The minimum atomic E-state index is 0. The van der Waals surface area contributed by atoms with E-state index in [1.165, 1.54) is 5.92 Å². The molecule has 0 spiro atoms. The van der Waals surface area contributed by atoms with Crippen molar-refractivity contribution in [2.75, 3.05) is 0 Å². The Morgan fingerprint density at radius 1 is 1.00 bits per heavy atom. The molecule has 0 saturated heterocycles. The third-order valence-corrected chi connectivity index (χ3v) is 0. The van der Waals surface area contributed by atoms with Gasteiger partial charge in [0.2, 0.25) is 0 Å². The second-order valence-corrected chi connectivity index (χ2v) is 1.50. The summed E-state index contributed by atoms with van der Waals surface area (Å²) in [5.41, 5.74) is 0. The van der Waals surface area contributed by atoms with Gasteiger partial charge in [-0.05, 0) is 0 Å². The second-order valence-electron chi connectivity index (χ2n) is 1.50. The van der Waals surface area contributed by atoms with Gasteiger partial charge in [-0.1, -0.05) is 0 Å². The van der Waals surface area contributed by atoms with E-state index < -0.39 is 0 Å². The van der Waals surface area contributed by atoms with E-state index in [1.54, 1.807) is 0 Å². The molecule has 0 aromatic carbocycles. The quantitative estimate of drug-likeness (QED) is 0.413. The third kappa shape index (κ3) is 23.6. The van der Waals surface area contributed by atoms with Crippen molar-refractivity contribution >= 4 is 0 Å². The minimum absolute atomic E-state index is 0. The standard InChI is InChI=1S/C4H9.Cs/c1-4(2)3;/h1-3H3;/q-1;+1. The summed E-state index contributed by atoms with van der Waals surface area (Å²) in [6, 6.07) is 0. The zero-order chi connectivity index (χ0) is 3.58. The molecule has 0 radical (unpaired) electrons. The van der Waals surface area contributed by atoms with Crippen LogP contribution in [0.4, 0.5) is 0 Å². The summed E-state index contributed by atoms with van der Waals surface area (Å²) < 4.78 is 0. The molecule has 0 aliphatic heterocycles. The Morgan fingerprint density at radius 2 is 1.00 bits per heavy atom. The van der Waals surface area contributed by atoms with Crippen molar-refractivity contribution in [2.24, 2.45) is 0 Å². The van der Waals surface area contributed by atoms with Gasteiger partial charge < -0.3 is 5.92 Å². The zero-order valence-corrected chi connectivity index (χ0v) is 10.8. The molecule has 0 aromatic heterocycles. The maximum atomic E-state index is 2.08. The van der Waals surface area contributed by atoms with E-state index in [2.05, 4.69) is 20.8 Å². The number of hydrogen-bond donors (Lipinski definition) is 0. The van der Waals surface area contributed by atoms with E-state index in [4.69, 9.17) is 0 Å². The van der Waals surface area contributed by atoms with Crippen molar-refractivity contribution in [3.63, 3.8) is 0 Å². The zero-order valence-electron chi connectivity index (χ0n) is 4.50. The monoisotopic (exact) mass is 190 g/mol. The van der Waals surface area contributed by atoms with Crippen molar-refractivity contribution in [2.45, 2.75) is 20.8 Å². The molecule has 0 atom stereocenters. The SMILES string of the molecule is C[C-](C)C.[Cs+]. The molecule has 1 heteroatoms. The first kappa shape index (κ1) is 10.1. The molecule has 0 heterocycles. The molecule has 0 aliphatic carbocycles. The average Bonchev–Trinajstić information content (AvgIpc) is 0.811. The maximum absolute atomic E-state index is 2.08. The topological polar surface area (TPSA) is 0 Å². The van der Waals surface area contributed by atoms with Gasteiger partial charge in [0.1, 0.15) is 0 Å². The van der Waals surface area contributed by atoms with Crippen LogP contribution in [0.2, 0.25) is 0 Å². The Morgan fingerprint density at radius 3 is 1.00 bits per heavy atom. The molecular formula is C4H9Cs. The molecule has 0 fully saturated rings. The fourth-order valence-electron chi connectivity index (χ4n) is 0. The van der Waals surface area contributed by atoms with E-state index in [9.17, 15) is 0 Å². The van der Waals surface area contributed by atoms with Crippen molar-refractivity contribution < 1.29 is 68.9 Å². The predicted molar refractivity (Wildman–Crippen MR) is 20.3 cm³/mol. The van der Waals surface area contributed by atoms with Gasteiger partial charge in [-0.25, -0.2) is 0 Å². The molecule has 0 nitrogen and oxygen atoms in total. The van der Waals surface area contributed by atoms with E-state index >= 15 is 0 Å². The van der Waals surface area contributed by atoms with Crippen LogP contribution < -0.4 is 68.9 Å². The summed E-state index contributed by atoms with van der Waals surface area (Å²) in [4.78, 5) is 0. The van der Waals surface area contributed by atoms with Crippen molar-refractivity contribution in [3.05, 3.63) is 5.92 Å². The van der Waals surface area contributed by atoms with Crippen molar-refractivity contribution in [3.8, 4) is 0 Å². The fourth-order valence-corrected chi connectivity index (χ4v) is 0. The van der Waals surface area contributed by atoms with E-state index in [0.717, 1.165) is 0 Å². The summed E-state index contributed by atoms with van der Waals surface area (Å²) in [5, 5.41) is 0. The van der Waals surface area contributed by atoms with Crippen LogP contribution in [0.3, 0.4) is 0 Å². The van der Waals surface area contributed by atoms with Crippen LogP contribution in [0.25, 0.3) is 0 Å². The van der Waals surface area contributed by atoms with Gasteiger partial charge in [-0.2, -0.15) is 20.8 Å². The Kier molecular flexibility index (Phi) is 12.2. The van der Waals surface area contributed by atoms with E-state index in [0.29, 0.717) is 0 Å². The average molecular weight is 190 g/mol. The molecule has 0 rings (SSSR count). The largest absolute Gasteiger partial charge is 1.00 e. The van der Waals surface area contributed by atoms with Crippen LogP contribution in [0.5, 0.6) is 0 Å². The summed E-state index contributed by atoms with van der Waals surface area (Å²) in [7, 11) is 0. The van der Waals surface area contributed by atoms with Gasteiger partial charge in [-0.15, -0.1) is 0 Å². The molecule has 0 aromatic rings. The summed E-state index contributed by atoms with van der Waals surface area (Å²) in [6.45, 7) is 6.25. The van der Waals surface area contributed by atoms with Crippen LogP contribution >= 0.6 is 0 Å². The van der Waals surface area contributed by atoms with Gasteiger partial charge in [0.25, 0.3) is 0 Å². The molecule has 26 valence electrons.